The van der Waals surface area contributed by atoms with Crippen LogP contribution in [0.1, 0.15) is 43.1 Å². The molecule has 1 aliphatic rings. The van der Waals surface area contributed by atoms with Gasteiger partial charge in [0, 0.05) is 23.5 Å². The first-order valence-electron chi connectivity index (χ1n) is 11.5. The second kappa shape index (κ2) is 10.1. The third kappa shape index (κ3) is 6.47. The highest BCUT2D eigenvalue weighted by Gasteiger charge is 2.44. The monoisotopic (exact) mass is 559 g/mol. The lowest BCUT2D eigenvalue weighted by Gasteiger charge is -2.30. The average molecular weight is 559 g/mol. The summed E-state index contributed by atoms with van der Waals surface area (Å²) < 4.78 is 108. The number of amides is 1. The number of anilines is 1. The normalized spacial score (nSPS) is 18.5. The van der Waals surface area contributed by atoms with Crippen molar-refractivity contribution in [3.63, 3.8) is 0 Å². The van der Waals surface area contributed by atoms with E-state index in [-0.39, 0.29) is 17.7 Å². The lowest BCUT2D eigenvalue weighted by molar-refractivity contribution is -0.274. The Bertz CT molecular complexity index is 1320. The number of aromatic nitrogens is 1. The molecule has 1 saturated heterocycles. The molecule has 1 aromatic heterocycles. The minimum atomic E-state index is -4.93. The molecule has 5 nitrogen and oxygen atoms in total. The fourth-order valence-electron chi connectivity index (χ4n) is 4.49. The maximum Gasteiger partial charge on any atom is 0.573 e. The third-order valence-corrected chi connectivity index (χ3v) is 6.23. The molecule has 1 aliphatic heterocycles. The summed E-state index contributed by atoms with van der Waals surface area (Å²) in [6.07, 6.45) is -8.54. The molecule has 3 aromatic rings. The van der Waals surface area contributed by atoms with E-state index in [0.717, 1.165) is 36.5 Å². The van der Waals surface area contributed by atoms with Crippen LogP contribution in [-0.2, 0) is 16.5 Å². The summed E-state index contributed by atoms with van der Waals surface area (Å²) in [5.74, 6) is -2.88. The van der Waals surface area contributed by atoms with Gasteiger partial charge in [0.15, 0.2) is 0 Å². The van der Waals surface area contributed by atoms with Gasteiger partial charge in [-0.2, -0.15) is 13.2 Å². The summed E-state index contributed by atoms with van der Waals surface area (Å²) in [5, 5.41) is 3.08. The molecule has 2 aromatic carbocycles. The van der Waals surface area contributed by atoms with Gasteiger partial charge in [-0.25, -0.2) is 8.78 Å². The van der Waals surface area contributed by atoms with Crippen LogP contribution in [0.5, 0.6) is 5.75 Å². The van der Waals surface area contributed by atoms with E-state index in [4.69, 9.17) is 0 Å². The SMILES string of the molecule is CC(C)(N[C@H]1C[C@@H](c2cc(F)cc(F)c2)N(c2ccc(OC(F)(F)F)cc2)C1=O)c1ccc(C(F)(F)F)nc1. The number of rotatable bonds is 6. The van der Waals surface area contributed by atoms with E-state index in [1.807, 2.05) is 0 Å². The lowest BCUT2D eigenvalue weighted by Crippen LogP contribution is -2.47. The van der Waals surface area contributed by atoms with Crippen LogP contribution in [0.15, 0.2) is 60.8 Å². The van der Waals surface area contributed by atoms with Gasteiger partial charge in [-0.1, -0.05) is 6.07 Å². The van der Waals surface area contributed by atoms with Crippen LogP contribution in [0.3, 0.4) is 0 Å². The Morgan fingerprint density at radius 1 is 0.923 bits per heavy atom. The van der Waals surface area contributed by atoms with Gasteiger partial charge in [-0.3, -0.25) is 15.1 Å². The van der Waals surface area contributed by atoms with Crippen molar-refractivity contribution in [2.24, 2.45) is 0 Å². The molecule has 4 rings (SSSR count). The molecule has 2 heterocycles. The van der Waals surface area contributed by atoms with Crippen molar-refractivity contribution in [3.05, 3.63) is 89.2 Å². The van der Waals surface area contributed by atoms with Gasteiger partial charge in [-0.05, 0) is 73.9 Å². The van der Waals surface area contributed by atoms with Crippen LogP contribution < -0.4 is 15.0 Å². The molecule has 0 bridgehead atoms. The summed E-state index contributed by atoms with van der Waals surface area (Å²) in [4.78, 5) is 18.2. The minimum absolute atomic E-state index is 0.0139. The van der Waals surface area contributed by atoms with Gasteiger partial charge in [0.25, 0.3) is 0 Å². The zero-order valence-electron chi connectivity index (χ0n) is 20.4. The molecule has 1 N–H and O–H groups in total. The maximum absolute atomic E-state index is 14.1. The Hall–Kier alpha value is -3.74. The van der Waals surface area contributed by atoms with Gasteiger partial charge in [-0.15, -0.1) is 13.2 Å². The van der Waals surface area contributed by atoms with Crippen molar-refractivity contribution in [3.8, 4) is 5.75 Å². The highest BCUT2D eigenvalue weighted by atomic mass is 19.4. The number of benzene rings is 2. The van der Waals surface area contributed by atoms with E-state index >= 15 is 0 Å². The molecular formula is C26H21F8N3O2. The number of carbonyl (C=O) groups excluding carboxylic acids is 1. The molecule has 0 spiro atoms. The van der Waals surface area contributed by atoms with E-state index < -0.39 is 59.1 Å². The number of hydrogen-bond acceptors (Lipinski definition) is 4. The van der Waals surface area contributed by atoms with Crippen molar-refractivity contribution in [1.29, 1.82) is 0 Å². The van der Waals surface area contributed by atoms with Crippen molar-refractivity contribution >= 4 is 11.6 Å². The minimum Gasteiger partial charge on any atom is -0.406 e. The number of nitrogens with zero attached hydrogens (tertiary/aromatic N) is 2. The van der Waals surface area contributed by atoms with Crippen molar-refractivity contribution in [2.45, 2.75) is 50.4 Å². The van der Waals surface area contributed by atoms with E-state index in [1.54, 1.807) is 13.8 Å². The molecule has 1 fully saturated rings. The molecule has 0 aliphatic carbocycles. The molecule has 0 unspecified atom stereocenters. The quantitative estimate of drug-likeness (QED) is 0.344. The van der Waals surface area contributed by atoms with Crippen LogP contribution in [-0.4, -0.2) is 23.3 Å². The summed E-state index contributed by atoms with van der Waals surface area (Å²) in [6.45, 7) is 3.24. The molecular weight excluding hydrogens is 538 g/mol. The molecule has 0 radical (unpaired) electrons. The van der Waals surface area contributed by atoms with Crippen LogP contribution in [0.2, 0.25) is 0 Å². The molecule has 1 amide bonds. The van der Waals surface area contributed by atoms with Gasteiger partial charge in [0.1, 0.15) is 23.1 Å². The largest absolute Gasteiger partial charge is 0.573 e. The Morgan fingerprint density at radius 3 is 2.05 bits per heavy atom. The van der Waals surface area contributed by atoms with E-state index in [9.17, 15) is 39.9 Å². The van der Waals surface area contributed by atoms with E-state index in [2.05, 4.69) is 15.0 Å². The van der Waals surface area contributed by atoms with Crippen molar-refractivity contribution < 1.29 is 44.7 Å². The lowest BCUT2D eigenvalue weighted by atomic mass is 9.93. The second-order valence-electron chi connectivity index (χ2n) is 9.46. The van der Waals surface area contributed by atoms with Crippen LogP contribution >= 0.6 is 0 Å². The first-order chi connectivity index (χ1) is 18.0. The van der Waals surface area contributed by atoms with Crippen LogP contribution in [0.25, 0.3) is 0 Å². The number of alkyl halides is 6. The fourth-order valence-corrected chi connectivity index (χ4v) is 4.49. The standard InChI is InChI=1S/C26H21F8N3O2/c1-24(2,15-3-8-22(35-13-15)25(29,30)31)36-20-12-21(14-9-16(27)11-17(28)10-14)37(23(20)38)18-4-6-19(7-5-18)39-26(32,33)34/h3-11,13,20-21,36H,12H2,1-2H3/t20-,21-/m0/s1. The zero-order chi connectivity index (χ0) is 28.8. The molecule has 39 heavy (non-hydrogen) atoms. The van der Waals surface area contributed by atoms with Crippen LogP contribution in [0.4, 0.5) is 40.8 Å². The topological polar surface area (TPSA) is 54.5 Å². The fraction of sp³-hybridized carbons (Fsp3) is 0.308. The smallest absolute Gasteiger partial charge is 0.406 e. The number of ether oxygens (including phenoxy) is 1. The molecule has 13 heteroatoms. The van der Waals surface area contributed by atoms with Gasteiger partial charge < -0.3 is 9.64 Å². The van der Waals surface area contributed by atoms with Gasteiger partial charge >= 0.3 is 12.5 Å². The van der Waals surface area contributed by atoms with E-state index in [1.165, 1.54) is 23.1 Å². The van der Waals surface area contributed by atoms with Crippen LogP contribution in [0, 0.1) is 11.6 Å². The average Bonchev–Trinajstić information content (AvgIpc) is 3.13. The van der Waals surface area contributed by atoms with Crippen molar-refractivity contribution in [2.75, 3.05) is 4.90 Å². The highest BCUT2D eigenvalue weighted by molar-refractivity contribution is 6.00. The maximum atomic E-state index is 14.1. The number of hydrogen-bond donors (Lipinski definition) is 1. The first-order valence-corrected chi connectivity index (χ1v) is 11.5. The third-order valence-electron chi connectivity index (χ3n) is 6.23. The number of pyridine rings is 1. The number of halogens is 8. The molecule has 2 atom stereocenters. The van der Waals surface area contributed by atoms with Gasteiger partial charge in [0.05, 0.1) is 12.1 Å². The number of nitrogens with one attached hydrogen (secondary N) is 1. The predicted octanol–water partition coefficient (Wildman–Crippen LogP) is 6.65. The summed E-state index contributed by atoms with van der Waals surface area (Å²) in [6, 6.07) is 7.28. The number of carbonyl (C=O) groups is 1. The highest BCUT2D eigenvalue weighted by Crippen LogP contribution is 2.40. The Kier molecular flexibility index (Phi) is 7.32. The molecule has 0 saturated carbocycles. The summed E-state index contributed by atoms with van der Waals surface area (Å²) in [5.41, 5.74) is -1.58. The summed E-state index contributed by atoms with van der Waals surface area (Å²) >= 11 is 0. The Labute approximate surface area is 217 Å². The first kappa shape index (κ1) is 28.3. The Balaban J connectivity index is 1.66. The predicted molar refractivity (Wildman–Crippen MR) is 124 cm³/mol. The Morgan fingerprint density at radius 2 is 1.54 bits per heavy atom. The molecule has 208 valence electrons. The van der Waals surface area contributed by atoms with Crippen molar-refractivity contribution in [1.82, 2.24) is 10.3 Å². The van der Waals surface area contributed by atoms with Gasteiger partial charge in [0.2, 0.25) is 5.91 Å². The zero-order valence-corrected chi connectivity index (χ0v) is 20.4. The second-order valence-corrected chi connectivity index (χ2v) is 9.46. The van der Waals surface area contributed by atoms with E-state index in [0.29, 0.717) is 11.6 Å². The summed E-state index contributed by atoms with van der Waals surface area (Å²) in [7, 11) is 0.